The summed E-state index contributed by atoms with van der Waals surface area (Å²) in [5.41, 5.74) is 1.97. The van der Waals surface area contributed by atoms with Crippen molar-refractivity contribution in [1.29, 1.82) is 0 Å². The number of aromatic amines is 1. The van der Waals surface area contributed by atoms with Gasteiger partial charge in [0.1, 0.15) is 5.65 Å². The van der Waals surface area contributed by atoms with Crippen molar-refractivity contribution in [2.24, 2.45) is 0 Å². The van der Waals surface area contributed by atoms with Gasteiger partial charge in [0, 0.05) is 17.3 Å². The molecule has 4 heteroatoms. The standard InChI is InChI=1S/C8H8ClN3/c1-2-6-3-5-4-10-8(9)12-7(5)11-6/h3-4H,2H2,1H3,(H,10,11,12). The fourth-order valence-corrected chi connectivity index (χ4v) is 1.28. The lowest BCUT2D eigenvalue weighted by Crippen LogP contribution is -1.81. The Morgan fingerprint density at radius 2 is 2.42 bits per heavy atom. The predicted molar refractivity (Wildman–Crippen MR) is 48.3 cm³/mol. The van der Waals surface area contributed by atoms with Crippen LogP contribution in [0.25, 0.3) is 11.0 Å². The summed E-state index contributed by atoms with van der Waals surface area (Å²) in [5.74, 6) is 0. The van der Waals surface area contributed by atoms with Crippen LogP contribution in [0.4, 0.5) is 0 Å². The number of fused-ring (bicyclic) bond motifs is 1. The molecule has 2 aromatic heterocycles. The van der Waals surface area contributed by atoms with Gasteiger partial charge in [-0.15, -0.1) is 0 Å². The van der Waals surface area contributed by atoms with Crippen molar-refractivity contribution < 1.29 is 0 Å². The van der Waals surface area contributed by atoms with Gasteiger partial charge >= 0.3 is 0 Å². The lowest BCUT2D eigenvalue weighted by Gasteiger charge is -1.87. The van der Waals surface area contributed by atoms with Gasteiger partial charge in [0.2, 0.25) is 5.28 Å². The Bertz CT molecular complexity index is 408. The molecule has 62 valence electrons. The minimum absolute atomic E-state index is 0.284. The summed E-state index contributed by atoms with van der Waals surface area (Å²) in [7, 11) is 0. The molecule has 0 saturated heterocycles. The third-order valence-electron chi connectivity index (χ3n) is 1.78. The Kier molecular flexibility index (Phi) is 1.73. The second-order valence-electron chi connectivity index (χ2n) is 2.59. The molecule has 12 heavy (non-hydrogen) atoms. The van der Waals surface area contributed by atoms with Crippen molar-refractivity contribution in [3.63, 3.8) is 0 Å². The number of hydrogen-bond acceptors (Lipinski definition) is 2. The number of hydrogen-bond donors (Lipinski definition) is 1. The maximum Gasteiger partial charge on any atom is 0.224 e. The molecule has 0 fully saturated rings. The Morgan fingerprint density at radius 3 is 3.17 bits per heavy atom. The van der Waals surface area contributed by atoms with Gasteiger partial charge in [0.25, 0.3) is 0 Å². The molecule has 0 bridgehead atoms. The van der Waals surface area contributed by atoms with Gasteiger partial charge in [0.05, 0.1) is 0 Å². The molecule has 2 aromatic rings. The van der Waals surface area contributed by atoms with E-state index in [1.807, 2.05) is 6.07 Å². The lowest BCUT2D eigenvalue weighted by molar-refractivity contribution is 1.06. The van der Waals surface area contributed by atoms with Gasteiger partial charge in [-0.3, -0.25) is 0 Å². The van der Waals surface area contributed by atoms with Crippen molar-refractivity contribution in [2.45, 2.75) is 13.3 Å². The highest BCUT2D eigenvalue weighted by Crippen LogP contribution is 2.13. The van der Waals surface area contributed by atoms with Crippen molar-refractivity contribution >= 4 is 22.6 Å². The zero-order chi connectivity index (χ0) is 8.55. The summed E-state index contributed by atoms with van der Waals surface area (Å²) < 4.78 is 0. The third kappa shape index (κ3) is 1.16. The smallest absolute Gasteiger partial charge is 0.224 e. The Balaban J connectivity index is 2.67. The normalized spacial score (nSPS) is 10.8. The Hall–Kier alpha value is -1.09. The van der Waals surface area contributed by atoms with Crippen LogP contribution >= 0.6 is 11.6 Å². The molecule has 0 aliphatic heterocycles. The summed E-state index contributed by atoms with van der Waals surface area (Å²) in [6.45, 7) is 2.08. The highest BCUT2D eigenvalue weighted by molar-refractivity contribution is 6.28. The maximum atomic E-state index is 5.63. The fraction of sp³-hybridized carbons (Fsp3) is 0.250. The number of rotatable bonds is 1. The van der Waals surface area contributed by atoms with Gasteiger partial charge in [0.15, 0.2) is 0 Å². The molecular weight excluding hydrogens is 174 g/mol. The molecule has 0 aliphatic rings. The summed E-state index contributed by atoms with van der Waals surface area (Å²) in [4.78, 5) is 11.1. The van der Waals surface area contributed by atoms with E-state index >= 15 is 0 Å². The molecule has 1 N–H and O–H groups in total. The molecule has 0 amide bonds. The largest absolute Gasteiger partial charge is 0.343 e. The average Bonchev–Trinajstić information content (AvgIpc) is 2.46. The zero-order valence-electron chi connectivity index (χ0n) is 6.63. The number of aryl methyl sites for hydroxylation is 1. The van der Waals surface area contributed by atoms with E-state index in [-0.39, 0.29) is 5.28 Å². The van der Waals surface area contributed by atoms with Crippen molar-refractivity contribution in [2.75, 3.05) is 0 Å². The molecule has 0 atom stereocenters. The summed E-state index contributed by atoms with van der Waals surface area (Å²) in [5, 5.41) is 1.29. The quantitative estimate of drug-likeness (QED) is 0.686. The van der Waals surface area contributed by atoms with Crippen LogP contribution in [-0.2, 0) is 6.42 Å². The van der Waals surface area contributed by atoms with E-state index in [4.69, 9.17) is 11.6 Å². The molecule has 0 spiro atoms. The van der Waals surface area contributed by atoms with E-state index in [0.717, 1.165) is 23.1 Å². The van der Waals surface area contributed by atoms with Crippen LogP contribution in [-0.4, -0.2) is 15.0 Å². The van der Waals surface area contributed by atoms with E-state index in [9.17, 15) is 0 Å². The highest BCUT2D eigenvalue weighted by atomic mass is 35.5. The Morgan fingerprint density at radius 1 is 1.58 bits per heavy atom. The molecular formula is C8H8ClN3. The van der Waals surface area contributed by atoms with Crippen LogP contribution in [0.15, 0.2) is 12.3 Å². The van der Waals surface area contributed by atoms with Gasteiger partial charge in [-0.2, -0.15) is 4.98 Å². The predicted octanol–water partition coefficient (Wildman–Crippen LogP) is 2.17. The first kappa shape index (κ1) is 7.55. The van der Waals surface area contributed by atoms with Gasteiger partial charge in [-0.25, -0.2) is 4.98 Å². The Labute approximate surface area is 74.8 Å². The molecule has 0 aliphatic carbocycles. The number of halogens is 1. The van der Waals surface area contributed by atoms with Crippen LogP contribution in [0.2, 0.25) is 5.28 Å². The van der Waals surface area contributed by atoms with E-state index in [1.54, 1.807) is 6.20 Å². The molecule has 2 rings (SSSR count). The highest BCUT2D eigenvalue weighted by Gasteiger charge is 2.00. The van der Waals surface area contributed by atoms with Gasteiger partial charge < -0.3 is 4.98 Å². The first-order valence-electron chi connectivity index (χ1n) is 3.79. The summed E-state index contributed by atoms with van der Waals surface area (Å²) in [6.07, 6.45) is 2.69. The fourth-order valence-electron chi connectivity index (χ4n) is 1.14. The minimum Gasteiger partial charge on any atom is -0.343 e. The van der Waals surface area contributed by atoms with Crippen molar-refractivity contribution in [3.05, 3.63) is 23.2 Å². The van der Waals surface area contributed by atoms with Crippen LogP contribution < -0.4 is 0 Å². The molecule has 0 saturated carbocycles. The van der Waals surface area contributed by atoms with Crippen LogP contribution in [0.5, 0.6) is 0 Å². The van der Waals surface area contributed by atoms with E-state index in [0.29, 0.717) is 0 Å². The molecule has 0 radical (unpaired) electrons. The average molecular weight is 182 g/mol. The van der Waals surface area contributed by atoms with Crippen LogP contribution in [0.3, 0.4) is 0 Å². The number of H-pyrrole nitrogens is 1. The molecule has 0 aromatic carbocycles. The summed E-state index contributed by atoms with van der Waals surface area (Å²) >= 11 is 5.63. The topological polar surface area (TPSA) is 41.6 Å². The zero-order valence-corrected chi connectivity index (χ0v) is 7.39. The first-order chi connectivity index (χ1) is 5.79. The third-order valence-corrected chi connectivity index (χ3v) is 1.96. The van der Waals surface area contributed by atoms with Gasteiger partial charge in [-0.1, -0.05) is 6.92 Å². The van der Waals surface area contributed by atoms with E-state index in [1.165, 1.54) is 0 Å². The van der Waals surface area contributed by atoms with Crippen LogP contribution in [0.1, 0.15) is 12.6 Å². The second-order valence-corrected chi connectivity index (χ2v) is 2.93. The lowest BCUT2D eigenvalue weighted by atomic mass is 10.3. The minimum atomic E-state index is 0.284. The van der Waals surface area contributed by atoms with Gasteiger partial charge in [-0.05, 0) is 24.1 Å². The molecule has 2 heterocycles. The second kappa shape index (κ2) is 2.75. The van der Waals surface area contributed by atoms with Crippen LogP contribution in [0, 0.1) is 0 Å². The maximum absolute atomic E-state index is 5.63. The number of nitrogens with zero attached hydrogens (tertiary/aromatic N) is 2. The first-order valence-corrected chi connectivity index (χ1v) is 4.17. The SMILES string of the molecule is CCc1cc2cnc(Cl)nc2[nH]1. The molecule has 0 unspecified atom stereocenters. The van der Waals surface area contributed by atoms with Crippen molar-refractivity contribution in [1.82, 2.24) is 15.0 Å². The van der Waals surface area contributed by atoms with E-state index in [2.05, 4.69) is 21.9 Å². The van der Waals surface area contributed by atoms with E-state index < -0.39 is 0 Å². The summed E-state index contributed by atoms with van der Waals surface area (Å²) in [6, 6.07) is 2.03. The monoisotopic (exact) mass is 181 g/mol. The number of nitrogens with one attached hydrogen (secondary N) is 1. The van der Waals surface area contributed by atoms with Crippen molar-refractivity contribution in [3.8, 4) is 0 Å². The number of aromatic nitrogens is 3. The molecule has 3 nitrogen and oxygen atoms in total.